The largest absolute Gasteiger partial charge is 0.469 e. The Hall–Kier alpha value is -1.82. The highest BCUT2D eigenvalue weighted by atomic mass is 16.5. The summed E-state index contributed by atoms with van der Waals surface area (Å²) in [5.74, 6) is -0.0620. The van der Waals surface area contributed by atoms with E-state index in [0.717, 1.165) is 19.3 Å². The predicted octanol–water partition coefficient (Wildman–Crippen LogP) is 2.15. The fraction of sp³-hybridized carbons (Fsp3) is 0.429. The van der Waals surface area contributed by atoms with Gasteiger partial charge < -0.3 is 4.74 Å². The third kappa shape index (κ3) is 1.18. The van der Waals surface area contributed by atoms with E-state index in [1.165, 1.54) is 12.7 Å². The molecule has 0 heterocycles. The summed E-state index contributed by atoms with van der Waals surface area (Å²) in [6, 6.07) is 9.84. The monoisotopic (exact) mass is 227 g/mol. The SMILES string of the molecule is COC(=O)C12CC(c3ccc(C#N)cc3)(C1)C2. The van der Waals surface area contributed by atoms with Gasteiger partial charge in [0, 0.05) is 0 Å². The first-order valence-corrected chi connectivity index (χ1v) is 5.73. The van der Waals surface area contributed by atoms with Gasteiger partial charge in [-0.1, -0.05) is 12.1 Å². The summed E-state index contributed by atoms with van der Waals surface area (Å²) in [5.41, 5.74) is 1.93. The number of nitriles is 1. The van der Waals surface area contributed by atoms with Crippen LogP contribution >= 0.6 is 0 Å². The van der Waals surface area contributed by atoms with Gasteiger partial charge in [0.2, 0.25) is 0 Å². The summed E-state index contributed by atoms with van der Waals surface area (Å²) in [5, 5.41) is 8.75. The van der Waals surface area contributed by atoms with Crippen molar-refractivity contribution in [2.75, 3.05) is 7.11 Å². The van der Waals surface area contributed by atoms with Crippen LogP contribution in [0.25, 0.3) is 0 Å². The second-order valence-corrected chi connectivity index (χ2v) is 5.27. The Morgan fingerprint density at radius 3 is 2.35 bits per heavy atom. The number of esters is 1. The number of carbonyl (C=O) groups is 1. The molecule has 3 nitrogen and oxygen atoms in total. The maximum atomic E-state index is 11.6. The zero-order valence-electron chi connectivity index (χ0n) is 9.69. The number of carbonyl (C=O) groups excluding carboxylic acids is 1. The van der Waals surface area contributed by atoms with Gasteiger partial charge in [0.05, 0.1) is 24.2 Å². The molecular weight excluding hydrogens is 214 g/mol. The minimum Gasteiger partial charge on any atom is -0.469 e. The molecule has 3 fully saturated rings. The number of hydrogen-bond acceptors (Lipinski definition) is 3. The topological polar surface area (TPSA) is 50.1 Å². The molecule has 0 saturated heterocycles. The molecule has 1 aromatic rings. The Morgan fingerprint density at radius 1 is 1.29 bits per heavy atom. The minimum atomic E-state index is -0.192. The Balaban J connectivity index is 1.78. The fourth-order valence-corrected chi connectivity index (χ4v) is 3.43. The van der Waals surface area contributed by atoms with E-state index in [0.29, 0.717) is 5.56 Å². The first-order valence-electron chi connectivity index (χ1n) is 5.73. The zero-order valence-corrected chi connectivity index (χ0v) is 9.69. The highest BCUT2D eigenvalue weighted by Crippen LogP contribution is 2.73. The van der Waals surface area contributed by atoms with Crippen molar-refractivity contribution in [2.24, 2.45) is 5.41 Å². The van der Waals surface area contributed by atoms with E-state index in [1.807, 2.05) is 24.3 Å². The normalized spacial score (nSPS) is 32.9. The van der Waals surface area contributed by atoms with E-state index >= 15 is 0 Å². The van der Waals surface area contributed by atoms with Crippen LogP contribution in [0.4, 0.5) is 0 Å². The van der Waals surface area contributed by atoms with E-state index < -0.39 is 0 Å². The fourth-order valence-electron chi connectivity index (χ4n) is 3.43. The molecule has 3 saturated carbocycles. The third-order valence-electron chi connectivity index (χ3n) is 4.28. The lowest BCUT2D eigenvalue weighted by atomic mass is 9.33. The summed E-state index contributed by atoms with van der Waals surface area (Å²) < 4.78 is 4.83. The average Bonchev–Trinajstić information content (AvgIpc) is 2.26. The quantitative estimate of drug-likeness (QED) is 0.727. The molecule has 0 amide bonds. The molecule has 1 aromatic carbocycles. The molecule has 0 N–H and O–H groups in total. The molecule has 0 unspecified atom stereocenters. The smallest absolute Gasteiger partial charge is 0.311 e. The van der Waals surface area contributed by atoms with Crippen molar-refractivity contribution in [3.05, 3.63) is 35.4 Å². The molecule has 0 aliphatic heterocycles. The van der Waals surface area contributed by atoms with Gasteiger partial charge >= 0.3 is 5.97 Å². The highest BCUT2D eigenvalue weighted by molar-refractivity contribution is 5.82. The Kier molecular flexibility index (Phi) is 1.89. The van der Waals surface area contributed by atoms with Gasteiger partial charge in [0.1, 0.15) is 0 Å². The van der Waals surface area contributed by atoms with Crippen LogP contribution in [0.2, 0.25) is 0 Å². The molecule has 17 heavy (non-hydrogen) atoms. The summed E-state index contributed by atoms with van der Waals surface area (Å²) >= 11 is 0. The molecule has 3 aliphatic carbocycles. The molecule has 4 rings (SSSR count). The van der Waals surface area contributed by atoms with Gasteiger partial charge in [-0.15, -0.1) is 0 Å². The molecule has 0 spiro atoms. The van der Waals surface area contributed by atoms with Crippen LogP contribution in [0.3, 0.4) is 0 Å². The third-order valence-corrected chi connectivity index (χ3v) is 4.28. The molecule has 3 aliphatic rings. The number of ether oxygens (including phenoxy) is 1. The van der Waals surface area contributed by atoms with Crippen LogP contribution in [0, 0.1) is 16.7 Å². The molecule has 0 radical (unpaired) electrons. The zero-order chi connectivity index (χ0) is 12.1. The lowest BCUT2D eigenvalue weighted by Crippen LogP contribution is -2.68. The van der Waals surface area contributed by atoms with E-state index in [2.05, 4.69) is 6.07 Å². The number of hydrogen-bond donors (Lipinski definition) is 0. The van der Waals surface area contributed by atoms with Gasteiger partial charge in [-0.25, -0.2) is 0 Å². The van der Waals surface area contributed by atoms with Crippen LogP contribution in [0.1, 0.15) is 30.4 Å². The first-order chi connectivity index (χ1) is 8.14. The van der Waals surface area contributed by atoms with Crippen LogP contribution < -0.4 is 0 Å². The van der Waals surface area contributed by atoms with E-state index in [9.17, 15) is 4.79 Å². The van der Waals surface area contributed by atoms with Crippen LogP contribution in [0.5, 0.6) is 0 Å². The number of nitrogens with zero attached hydrogens (tertiary/aromatic N) is 1. The van der Waals surface area contributed by atoms with Gasteiger partial charge in [-0.05, 0) is 42.4 Å². The van der Waals surface area contributed by atoms with Crippen LogP contribution in [-0.2, 0) is 14.9 Å². The molecular formula is C14H13NO2. The summed E-state index contributed by atoms with van der Waals surface area (Å²) in [7, 11) is 1.46. The Morgan fingerprint density at radius 2 is 1.88 bits per heavy atom. The van der Waals surface area contributed by atoms with Gasteiger partial charge in [-0.2, -0.15) is 5.26 Å². The Labute approximate surface area is 100 Å². The van der Waals surface area contributed by atoms with Gasteiger partial charge in [0.15, 0.2) is 0 Å². The lowest BCUT2D eigenvalue weighted by Gasteiger charge is -2.68. The second kappa shape index (κ2) is 3.10. The van der Waals surface area contributed by atoms with Crippen LogP contribution in [0.15, 0.2) is 24.3 Å². The van der Waals surface area contributed by atoms with Gasteiger partial charge in [-0.3, -0.25) is 4.79 Å². The first kappa shape index (κ1) is 10.3. The van der Waals surface area contributed by atoms with Crippen molar-refractivity contribution in [2.45, 2.75) is 24.7 Å². The second-order valence-electron chi connectivity index (χ2n) is 5.27. The highest BCUT2D eigenvalue weighted by Gasteiger charge is 2.72. The van der Waals surface area contributed by atoms with Crippen LogP contribution in [-0.4, -0.2) is 13.1 Å². The standard InChI is InChI=1S/C14H13NO2/c1-17-12(16)14-7-13(8-14,9-14)11-4-2-10(6-15)3-5-11/h2-5H,7-9H2,1H3. The molecule has 86 valence electrons. The molecule has 0 atom stereocenters. The van der Waals surface area contributed by atoms with E-state index in [4.69, 9.17) is 10.00 Å². The van der Waals surface area contributed by atoms with Crippen molar-refractivity contribution < 1.29 is 9.53 Å². The number of methoxy groups -OCH3 is 1. The Bertz CT molecular complexity index is 504. The van der Waals surface area contributed by atoms with Gasteiger partial charge in [0.25, 0.3) is 0 Å². The minimum absolute atomic E-state index is 0.0620. The van der Waals surface area contributed by atoms with E-state index in [-0.39, 0.29) is 16.8 Å². The number of benzene rings is 1. The van der Waals surface area contributed by atoms with E-state index in [1.54, 1.807) is 0 Å². The van der Waals surface area contributed by atoms with Crippen molar-refractivity contribution >= 4 is 5.97 Å². The summed E-state index contributed by atoms with van der Waals surface area (Å²) in [4.78, 5) is 11.6. The van der Waals surface area contributed by atoms with Crippen molar-refractivity contribution in [1.29, 1.82) is 5.26 Å². The molecule has 3 heteroatoms. The predicted molar refractivity (Wildman–Crippen MR) is 61.1 cm³/mol. The van der Waals surface area contributed by atoms with Crippen molar-refractivity contribution in [3.63, 3.8) is 0 Å². The van der Waals surface area contributed by atoms with Crippen molar-refractivity contribution in [3.8, 4) is 6.07 Å². The molecule has 2 bridgehead atoms. The summed E-state index contributed by atoms with van der Waals surface area (Å²) in [6.45, 7) is 0. The lowest BCUT2D eigenvalue weighted by molar-refractivity contribution is -0.198. The molecule has 0 aromatic heterocycles. The average molecular weight is 227 g/mol. The maximum absolute atomic E-state index is 11.6. The number of rotatable bonds is 2. The summed E-state index contributed by atoms with van der Waals surface area (Å²) in [6.07, 6.45) is 2.70. The van der Waals surface area contributed by atoms with Crippen molar-refractivity contribution in [1.82, 2.24) is 0 Å². The maximum Gasteiger partial charge on any atom is 0.311 e.